The highest BCUT2D eigenvalue weighted by atomic mass is 79.9. The van der Waals surface area contributed by atoms with Crippen molar-refractivity contribution in [1.29, 1.82) is 0 Å². The Balaban J connectivity index is 2.47. The number of rotatable bonds is 2. The van der Waals surface area contributed by atoms with E-state index in [0.717, 1.165) is 20.9 Å². The molecule has 2 aromatic rings. The van der Waals surface area contributed by atoms with E-state index in [1.54, 1.807) is 13.1 Å². The van der Waals surface area contributed by atoms with Gasteiger partial charge in [0.1, 0.15) is 5.78 Å². The quantitative estimate of drug-likeness (QED) is 0.834. The SMILES string of the molecule is CC(=O)Cc1ccc2cc(Br)cnc2c1. The Morgan fingerprint density at radius 3 is 2.93 bits per heavy atom. The number of fused-ring (bicyclic) bond motifs is 1. The first-order valence-electron chi connectivity index (χ1n) is 4.69. The molecule has 0 fully saturated rings. The number of Topliss-reactive ketones (excluding diaryl/α,β-unsaturated/α-hetero) is 1. The Labute approximate surface area is 96.5 Å². The van der Waals surface area contributed by atoms with Gasteiger partial charge in [-0.15, -0.1) is 0 Å². The van der Waals surface area contributed by atoms with E-state index < -0.39 is 0 Å². The van der Waals surface area contributed by atoms with Crippen LogP contribution in [0.25, 0.3) is 10.9 Å². The number of carbonyl (C=O) groups excluding carboxylic acids is 1. The maximum atomic E-state index is 11.0. The molecule has 0 saturated heterocycles. The second-order valence-electron chi connectivity index (χ2n) is 3.56. The smallest absolute Gasteiger partial charge is 0.134 e. The highest BCUT2D eigenvalue weighted by Crippen LogP contribution is 2.18. The Kier molecular flexibility index (Phi) is 2.82. The van der Waals surface area contributed by atoms with E-state index in [-0.39, 0.29) is 5.78 Å². The van der Waals surface area contributed by atoms with E-state index in [2.05, 4.69) is 20.9 Å². The minimum atomic E-state index is 0.173. The Bertz CT molecular complexity index is 522. The van der Waals surface area contributed by atoms with Crippen molar-refractivity contribution in [2.45, 2.75) is 13.3 Å². The molecule has 2 nitrogen and oxygen atoms in total. The molecule has 76 valence electrons. The van der Waals surface area contributed by atoms with Gasteiger partial charge in [0.05, 0.1) is 5.52 Å². The van der Waals surface area contributed by atoms with Gasteiger partial charge in [-0.2, -0.15) is 0 Å². The first-order valence-corrected chi connectivity index (χ1v) is 5.48. The topological polar surface area (TPSA) is 30.0 Å². The molecule has 0 aliphatic rings. The molecule has 0 atom stereocenters. The minimum Gasteiger partial charge on any atom is -0.300 e. The van der Waals surface area contributed by atoms with Gasteiger partial charge in [0.2, 0.25) is 0 Å². The van der Waals surface area contributed by atoms with Crippen LogP contribution in [0.15, 0.2) is 34.9 Å². The van der Waals surface area contributed by atoms with E-state index in [9.17, 15) is 4.79 Å². The summed E-state index contributed by atoms with van der Waals surface area (Å²) in [5, 5.41) is 1.08. The summed E-state index contributed by atoms with van der Waals surface area (Å²) in [6.45, 7) is 1.60. The first-order chi connectivity index (χ1) is 7.15. The molecule has 2 rings (SSSR count). The Hall–Kier alpha value is -1.22. The normalized spacial score (nSPS) is 10.5. The van der Waals surface area contributed by atoms with E-state index in [0.29, 0.717) is 6.42 Å². The lowest BCUT2D eigenvalue weighted by Crippen LogP contribution is -1.96. The van der Waals surface area contributed by atoms with Gasteiger partial charge in [0.15, 0.2) is 0 Å². The number of pyridine rings is 1. The van der Waals surface area contributed by atoms with Crippen LogP contribution in [0, 0.1) is 0 Å². The minimum absolute atomic E-state index is 0.173. The summed E-state index contributed by atoms with van der Waals surface area (Å²) < 4.78 is 0.967. The second kappa shape index (κ2) is 4.11. The molecule has 0 amide bonds. The predicted molar refractivity (Wildman–Crippen MR) is 63.8 cm³/mol. The Morgan fingerprint density at radius 2 is 2.20 bits per heavy atom. The number of hydrogen-bond donors (Lipinski definition) is 0. The molecule has 0 saturated carbocycles. The third kappa shape index (κ3) is 2.42. The van der Waals surface area contributed by atoms with Crippen LogP contribution < -0.4 is 0 Å². The zero-order valence-corrected chi connectivity index (χ0v) is 9.91. The van der Waals surface area contributed by atoms with Crippen LogP contribution in [-0.2, 0) is 11.2 Å². The van der Waals surface area contributed by atoms with Gasteiger partial charge in [-0.25, -0.2) is 0 Å². The Morgan fingerprint density at radius 1 is 1.40 bits per heavy atom. The molecule has 0 spiro atoms. The van der Waals surface area contributed by atoms with Crippen LogP contribution in [0.5, 0.6) is 0 Å². The van der Waals surface area contributed by atoms with Crippen molar-refractivity contribution in [3.05, 3.63) is 40.5 Å². The molecule has 0 aliphatic heterocycles. The fourth-order valence-corrected chi connectivity index (χ4v) is 1.89. The lowest BCUT2D eigenvalue weighted by molar-refractivity contribution is -0.116. The molecular weight excluding hydrogens is 254 g/mol. The number of carbonyl (C=O) groups is 1. The van der Waals surface area contributed by atoms with Gasteiger partial charge >= 0.3 is 0 Å². The molecule has 0 aliphatic carbocycles. The fourth-order valence-electron chi connectivity index (χ4n) is 1.54. The van der Waals surface area contributed by atoms with Gasteiger partial charge in [-0.05, 0) is 40.5 Å². The third-order valence-corrected chi connectivity index (χ3v) is 2.60. The van der Waals surface area contributed by atoms with Crippen molar-refractivity contribution < 1.29 is 4.79 Å². The maximum Gasteiger partial charge on any atom is 0.134 e. The molecule has 0 unspecified atom stereocenters. The zero-order chi connectivity index (χ0) is 10.8. The van der Waals surface area contributed by atoms with Crippen molar-refractivity contribution in [3.63, 3.8) is 0 Å². The standard InChI is InChI=1S/C12H10BrNO/c1-8(15)4-9-2-3-10-6-11(13)7-14-12(10)5-9/h2-3,5-7H,4H2,1H3. The highest BCUT2D eigenvalue weighted by Gasteiger charge is 2.00. The summed E-state index contributed by atoms with van der Waals surface area (Å²) in [6, 6.07) is 7.94. The van der Waals surface area contributed by atoms with E-state index in [1.165, 1.54) is 0 Å². The molecule has 0 N–H and O–H groups in total. The summed E-state index contributed by atoms with van der Waals surface area (Å²) in [5.74, 6) is 0.173. The maximum absolute atomic E-state index is 11.0. The number of halogens is 1. The van der Waals surface area contributed by atoms with Crippen molar-refractivity contribution >= 4 is 32.6 Å². The van der Waals surface area contributed by atoms with Crippen LogP contribution in [-0.4, -0.2) is 10.8 Å². The lowest BCUT2D eigenvalue weighted by Gasteiger charge is -2.01. The monoisotopic (exact) mass is 263 g/mol. The summed E-state index contributed by atoms with van der Waals surface area (Å²) in [7, 11) is 0. The van der Waals surface area contributed by atoms with Gasteiger partial charge in [0.25, 0.3) is 0 Å². The van der Waals surface area contributed by atoms with E-state index in [4.69, 9.17) is 0 Å². The fraction of sp³-hybridized carbons (Fsp3) is 0.167. The van der Waals surface area contributed by atoms with E-state index in [1.807, 2.05) is 24.3 Å². The molecule has 1 aromatic carbocycles. The van der Waals surface area contributed by atoms with Crippen LogP contribution in [0.3, 0.4) is 0 Å². The average Bonchev–Trinajstić information content (AvgIpc) is 2.17. The summed E-state index contributed by atoms with van der Waals surface area (Å²) in [6.07, 6.45) is 2.24. The first kappa shape index (κ1) is 10.3. The van der Waals surface area contributed by atoms with Crippen molar-refractivity contribution in [2.24, 2.45) is 0 Å². The second-order valence-corrected chi connectivity index (χ2v) is 4.48. The predicted octanol–water partition coefficient (Wildman–Crippen LogP) is 3.13. The van der Waals surface area contributed by atoms with Crippen LogP contribution in [0.2, 0.25) is 0 Å². The largest absolute Gasteiger partial charge is 0.300 e. The van der Waals surface area contributed by atoms with E-state index >= 15 is 0 Å². The van der Waals surface area contributed by atoms with Crippen molar-refractivity contribution in [2.75, 3.05) is 0 Å². The molecule has 0 radical (unpaired) electrons. The highest BCUT2D eigenvalue weighted by molar-refractivity contribution is 9.10. The third-order valence-electron chi connectivity index (χ3n) is 2.17. The number of nitrogens with zero attached hydrogens (tertiary/aromatic N) is 1. The number of benzene rings is 1. The summed E-state index contributed by atoms with van der Waals surface area (Å²) >= 11 is 3.37. The van der Waals surface area contributed by atoms with Crippen LogP contribution in [0.1, 0.15) is 12.5 Å². The zero-order valence-electron chi connectivity index (χ0n) is 8.33. The van der Waals surface area contributed by atoms with Gasteiger partial charge in [-0.3, -0.25) is 9.78 Å². The van der Waals surface area contributed by atoms with Crippen molar-refractivity contribution in [1.82, 2.24) is 4.98 Å². The van der Waals surface area contributed by atoms with Gasteiger partial charge < -0.3 is 0 Å². The molecule has 15 heavy (non-hydrogen) atoms. The van der Waals surface area contributed by atoms with Crippen LogP contribution in [0.4, 0.5) is 0 Å². The lowest BCUT2D eigenvalue weighted by atomic mass is 10.1. The van der Waals surface area contributed by atoms with Gasteiger partial charge in [-0.1, -0.05) is 12.1 Å². The van der Waals surface area contributed by atoms with Gasteiger partial charge in [0, 0.05) is 22.5 Å². The summed E-state index contributed by atoms with van der Waals surface area (Å²) in [5.41, 5.74) is 1.95. The number of hydrogen-bond acceptors (Lipinski definition) is 2. The van der Waals surface area contributed by atoms with Crippen molar-refractivity contribution in [3.8, 4) is 0 Å². The molecular formula is C12H10BrNO. The average molecular weight is 264 g/mol. The molecule has 0 bridgehead atoms. The molecule has 3 heteroatoms. The van der Waals surface area contributed by atoms with Crippen LogP contribution >= 0.6 is 15.9 Å². The molecule has 1 heterocycles. The number of aromatic nitrogens is 1. The molecule has 1 aromatic heterocycles. The summed E-state index contributed by atoms with van der Waals surface area (Å²) in [4.78, 5) is 15.3. The number of ketones is 1.